The number of phenolic OH excluding ortho intramolecular Hbond substituents is 1. The van der Waals surface area contributed by atoms with Gasteiger partial charge >= 0.3 is 5.97 Å². The van der Waals surface area contributed by atoms with Crippen molar-refractivity contribution >= 4 is 27.5 Å². The van der Waals surface area contributed by atoms with E-state index in [9.17, 15) is 9.90 Å². The summed E-state index contributed by atoms with van der Waals surface area (Å²) in [4.78, 5) is 11.7. The Labute approximate surface area is 134 Å². The predicted molar refractivity (Wildman–Crippen MR) is 92.4 cm³/mol. The summed E-state index contributed by atoms with van der Waals surface area (Å²) in [5.74, 6) is -0.141. The largest absolute Gasteiger partial charge is 0.508 e. The average Bonchev–Trinajstić information content (AvgIpc) is 2.52. The third kappa shape index (κ3) is 3.04. The van der Waals surface area contributed by atoms with E-state index in [-0.39, 0.29) is 17.8 Å². The monoisotopic (exact) mass is 306 g/mol. The molecule has 0 amide bonds. The summed E-state index contributed by atoms with van der Waals surface area (Å²) in [6.07, 6.45) is -0.344. The second-order valence-electron chi connectivity index (χ2n) is 5.82. The second kappa shape index (κ2) is 5.76. The lowest BCUT2D eigenvalue weighted by Gasteiger charge is -2.14. The third-order valence-electron chi connectivity index (χ3n) is 3.90. The first-order chi connectivity index (χ1) is 10.9. The molecule has 0 aliphatic heterocycles. The van der Waals surface area contributed by atoms with Gasteiger partial charge in [-0.05, 0) is 71.3 Å². The number of aromatic hydroxyl groups is 1. The van der Waals surface area contributed by atoms with E-state index in [1.807, 2.05) is 37.3 Å². The number of hydrogen-bond acceptors (Lipinski definition) is 3. The van der Waals surface area contributed by atoms with Crippen LogP contribution in [0.1, 0.15) is 25.5 Å². The maximum atomic E-state index is 11.7. The number of hydrogen-bond donors (Lipinski definition) is 1. The Morgan fingerprint density at radius 2 is 1.61 bits per heavy atom. The van der Waals surface area contributed by atoms with Crippen LogP contribution in [0.3, 0.4) is 0 Å². The van der Waals surface area contributed by atoms with Crippen molar-refractivity contribution in [2.45, 2.75) is 20.0 Å². The molecular weight excluding hydrogens is 288 g/mol. The fourth-order valence-electron chi connectivity index (χ4n) is 2.59. The van der Waals surface area contributed by atoms with Gasteiger partial charge in [0.05, 0.1) is 0 Å². The molecule has 0 aromatic heterocycles. The molecule has 3 aromatic rings. The molecule has 3 aromatic carbocycles. The van der Waals surface area contributed by atoms with Gasteiger partial charge in [-0.25, -0.2) is 4.79 Å². The van der Waals surface area contributed by atoms with Crippen molar-refractivity contribution in [3.63, 3.8) is 0 Å². The number of carbonyl (C=O) groups excluding carboxylic acids is 1. The maximum absolute atomic E-state index is 11.7. The summed E-state index contributed by atoms with van der Waals surface area (Å²) in [6.45, 7) is 7.07. The molecule has 1 N–H and O–H groups in total. The summed E-state index contributed by atoms with van der Waals surface area (Å²) in [5.41, 5.74) is 1.31. The van der Waals surface area contributed by atoms with E-state index in [0.717, 1.165) is 27.1 Å². The van der Waals surface area contributed by atoms with E-state index in [2.05, 4.69) is 12.6 Å². The summed E-state index contributed by atoms with van der Waals surface area (Å²) in [7, 11) is 0. The highest BCUT2D eigenvalue weighted by molar-refractivity contribution is 5.99. The zero-order chi connectivity index (χ0) is 16.6. The van der Waals surface area contributed by atoms with Crippen LogP contribution in [-0.4, -0.2) is 11.1 Å². The van der Waals surface area contributed by atoms with E-state index in [1.165, 1.54) is 0 Å². The number of rotatable bonds is 3. The molecular formula is C20H18O3. The lowest BCUT2D eigenvalue weighted by molar-refractivity contribution is -0.143. The Morgan fingerprint density at radius 3 is 2.30 bits per heavy atom. The highest BCUT2D eigenvalue weighted by Gasteiger charge is 2.12. The Kier molecular flexibility index (Phi) is 3.78. The van der Waals surface area contributed by atoms with Crippen LogP contribution in [0, 0.1) is 0 Å². The van der Waals surface area contributed by atoms with Gasteiger partial charge in [0.25, 0.3) is 0 Å². The molecule has 0 radical (unpaired) electrons. The first-order valence-corrected chi connectivity index (χ1v) is 7.47. The van der Waals surface area contributed by atoms with Crippen molar-refractivity contribution < 1.29 is 14.6 Å². The molecule has 23 heavy (non-hydrogen) atoms. The van der Waals surface area contributed by atoms with E-state index < -0.39 is 0 Å². The van der Waals surface area contributed by atoms with Crippen molar-refractivity contribution in [3.05, 3.63) is 66.2 Å². The minimum absolute atomic E-state index is 0.247. The molecule has 116 valence electrons. The van der Waals surface area contributed by atoms with Gasteiger partial charge in [-0.3, -0.25) is 0 Å². The second-order valence-corrected chi connectivity index (χ2v) is 5.82. The Bertz CT molecular complexity index is 925. The van der Waals surface area contributed by atoms with Gasteiger partial charge in [0, 0.05) is 5.57 Å². The zero-order valence-electron chi connectivity index (χ0n) is 13.2. The van der Waals surface area contributed by atoms with Crippen molar-refractivity contribution in [1.29, 1.82) is 0 Å². The Morgan fingerprint density at radius 1 is 1.00 bits per heavy atom. The first-order valence-electron chi connectivity index (χ1n) is 7.47. The molecule has 0 aliphatic carbocycles. The molecule has 3 nitrogen and oxygen atoms in total. The van der Waals surface area contributed by atoms with E-state index >= 15 is 0 Å². The molecule has 0 saturated carbocycles. The number of benzene rings is 3. The van der Waals surface area contributed by atoms with Gasteiger partial charge in [-0.1, -0.05) is 24.8 Å². The summed E-state index contributed by atoms with van der Waals surface area (Å²) < 4.78 is 5.37. The van der Waals surface area contributed by atoms with Gasteiger partial charge < -0.3 is 9.84 Å². The van der Waals surface area contributed by atoms with Gasteiger partial charge in [0.2, 0.25) is 0 Å². The third-order valence-corrected chi connectivity index (χ3v) is 3.90. The highest BCUT2D eigenvalue weighted by atomic mass is 16.5. The predicted octanol–water partition coefficient (Wildman–Crippen LogP) is 4.88. The van der Waals surface area contributed by atoms with Crippen LogP contribution < -0.4 is 0 Å². The molecule has 3 rings (SSSR count). The molecule has 1 unspecified atom stereocenters. The first kappa shape index (κ1) is 15.1. The van der Waals surface area contributed by atoms with Gasteiger partial charge in [0.15, 0.2) is 0 Å². The van der Waals surface area contributed by atoms with Crippen LogP contribution in [0.15, 0.2) is 60.7 Å². The normalized spacial score (nSPS) is 12.3. The SMILES string of the molecule is C=C(C)C(=O)OC(C)c1ccc2cc3ccc(O)cc3cc2c1. The number of fused-ring (bicyclic) bond motifs is 2. The average molecular weight is 306 g/mol. The quantitative estimate of drug-likeness (QED) is 0.426. The van der Waals surface area contributed by atoms with E-state index in [0.29, 0.717) is 5.57 Å². The van der Waals surface area contributed by atoms with Crippen molar-refractivity contribution in [3.8, 4) is 5.75 Å². The molecule has 0 fully saturated rings. The fourth-order valence-corrected chi connectivity index (χ4v) is 2.59. The number of ether oxygens (including phenoxy) is 1. The van der Waals surface area contributed by atoms with E-state index in [1.54, 1.807) is 19.1 Å². The molecule has 0 heterocycles. The van der Waals surface area contributed by atoms with Crippen LogP contribution >= 0.6 is 0 Å². The van der Waals surface area contributed by atoms with Crippen LogP contribution in [0.25, 0.3) is 21.5 Å². The Balaban J connectivity index is 2.02. The fraction of sp³-hybridized carbons (Fsp3) is 0.150. The smallest absolute Gasteiger partial charge is 0.333 e. The minimum Gasteiger partial charge on any atom is -0.508 e. The molecule has 0 bridgehead atoms. The maximum Gasteiger partial charge on any atom is 0.333 e. The summed E-state index contributed by atoms with van der Waals surface area (Å²) in [6, 6.07) is 15.4. The van der Waals surface area contributed by atoms with Crippen LogP contribution in [0.5, 0.6) is 5.75 Å². The zero-order valence-corrected chi connectivity index (χ0v) is 13.2. The minimum atomic E-state index is -0.388. The molecule has 0 saturated heterocycles. The molecule has 1 atom stereocenters. The van der Waals surface area contributed by atoms with Crippen LogP contribution in [0.4, 0.5) is 0 Å². The van der Waals surface area contributed by atoms with Crippen LogP contribution in [0.2, 0.25) is 0 Å². The van der Waals surface area contributed by atoms with Gasteiger partial charge in [0.1, 0.15) is 11.9 Å². The standard InChI is InChI=1S/C20H18O3/c1-12(2)20(22)23-13(3)14-4-5-15-9-16-6-7-19(21)11-18(16)10-17(15)8-14/h4-11,13,21H,1H2,2-3H3. The Hall–Kier alpha value is -2.81. The van der Waals surface area contributed by atoms with Crippen molar-refractivity contribution in [2.24, 2.45) is 0 Å². The van der Waals surface area contributed by atoms with Crippen molar-refractivity contribution in [1.82, 2.24) is 0 Å². The molecule has 0 aliphatic rings. The van der Waals surface area contributed by atoms with Gasteiger partial charge in [-0.2, -0.15) is 0 Å². The lowest BCUT2D eigenvalue weighted by atomic mass is 10.00. The topological polar surface area (TPSA) is 46.5 Å². The van der Waals surface area contributed by atoms with Crippen molar-refractivity contribution in [2.75, 3.05) is 0 Å². The number of phenols is 1. The van der Waals surface area contributed by atoms with E-state index in [4.69, 9.17) is 4.74 Å². The molecule has 0 spiro atoms. The number of esters is 1. The molecule has 3 heteroatoms. The lowest BCUT2D eigenvalue weighted by Crippen LogP contribution is -2.09. The summed E-state index contributed by atoms with van der Waals surface area (Å²) >= 11 is 0. The summed E-state index contributed by atoms with van der Waals surface area (Å²) in [5, 5.41) is 13.8. The van der Waals surface area contributed by atoms with Crippen LogP contribution in [-0.2, 0) is 9.53 Å². The van der Waals surface area contributed by atoms with Gasteiger partial charge in [-0.15, -0.1) is 0 Å². The number of carbonyl (C=O) groups is 1. The highest BCUT2D eigenvalue weighted by Crippen LogP contribution is 2.28.